The van der Waals surface area contributed by atoms with Gasteiger partial charge in [-0.1, -0.05) is 49.4 Å². The predicted molar refractivity (Wildman–Crippen MR) is 115 cm³/mol. The van der Waals surface area contributed by atoms with Gasteiger partial charge in [0, 0.05) is 36.7 Å². The van der Waals surface area contributed by atoms with Gasteiger partial charge in [0.25, 0.3) is 5.91 Å². The number of amides is 2. The lowest BCUT2D eigenvalue weighted by atomic mass is 9.83. The smallest absolute Gasteiger partial charge is 0.264 e. The minimum atomic E-state index is -1.65. The number of anilines is 2. The fourth-order valence-electron chi connectivity index (χ4n) is 4.12. The number of nitrogens with zero attached hydrogens (tertiary/aromatic N) is 2. The number of hydrogen-bond donors (Lipinski definition) is 2. The van der Waals surface area contributed by atoms with Crippen molar-refractivity contribution in [3.05, 3.63) is 71.8 Å². The van der Waals surface area contributed by atoms with Gasteiger partial charge in [0.15, 0.2) is 5.60 Å². The molecule has 1 saturated heterocycles. The molecule has 2 aromatic rings. The molecule has 156 valence electrons. The van der Waals surface area contributed by atoms with Crippen LogP contribution in [0, 0.1) is 5.92 Å². The molecule has 0 radical (unpaired) electrons. The molecule has 2 N–H and O–H groups in total. The topological polar surface area (TPSA) is 81.1 Å². The van der Waals surface area contributed by atoms with Crippen molar-refractivity contribution in [3.63, 3.8) is 0 Å². The predicted octanol–water partition coefficient (Wildman–Crippen LogP) is 2.73. The van der Waals surface area contributed by atoms with Crippen molar-refractivity contribution >= 4 is 23.2 Å². The summed E-state index contributed by atoms with van der Waals surface area (Å²) in [5.41, 5.74) is 1.44. The van der Waals surface area contributed by atoms with Gasteiger partial charge in [0.1, 0.15) is 0 Å². The number of carbonyl (C=O) groups is 2. The average Bonchev–Trinajstić information content (AvgIpc) is 2.97. The highest BCUT2D eigenvalue weighted by Gasteiger charge is 2.52. The molecule has 0 spiro atoms. The summed E-state index contributed by atoms with van der Waals surface area (Å²) >= 11 is 0. The summed E-state index contributed by atoms with van der Waals surface area (Å²) in [5.74, 6) is -0.672. The lowest BCUT2D eigenvalue weighted by molar-refractivity contribution is -0.139. The summed E-state index contributed by atoms with van der Waals surface area (Å²) in [7, 11) is 0. The minimum Gasteiger partial charge on any atom is -0.396 e. The number of carbonyl (C=O) groups excluding carboxylic acids is 2. The van der Waals surface area contributed by atoms with Gasteiger partial charge in [0.05, 0.1) is 12.2 Å². The van der Waals surface area contributed by atoms with Crippen molar-refractivity contribution < 1.29 is 19.8 Å². The van der Waals surface area contributed by atoms with Crippen molar-refractivity contribution in [2.45, 2.75) is 31.9 Å². The van der Waals surface area contributed by atoms with Gasteiger partial charge in [-0.3, -0.25) is 9.59 Å². The largest absolute Gasteiger partial charge is 0.396 e. The van der Waals surface area contributed by atoms with Gasteiger partial charge in [-0.2, -0.15) is 0 Å². The Morgan fingerprint density at radius 1 is 1.13 bits per heavy atom. The SMILES string of the molecule is C[C@H](/C=C/CCO)[C@@]1(O)C(=O)N(Cc2ccc(N3CCC3=O)cc2)c2ccccc21. The zero-order chi connectivity index (χ0) is 21.3. The highest BCUT2D eigenvalue weighted by molar-refractivity contribution is 6.07. The van der Waals surface area contributed by atoms with E-state index in [2.05, 4.69) is 0 Å². The maximum Gasteiger partial charge on any atom is 0.264 e. The van der Waals surface area contributed by atoms with Crippen LogP contribution in [-0.4, -0.2) is 35.2 Å². The zero-order valence-electron chi connectivity index (χ0n) is 17.0. The molecule has 2 heterocycles. The van der Waals surface area contributed by atoms with Gasteiger partial charge < -0.3 is 20.0 Å². The molecule has 6 nitrogen and oxygen atoms in total. The van der Waals surface area contributed by atoms with Gasteiger partial charge in [-0.05, 0) is 30.2 Å². The summed E-state index contributed by atoms with van der Waals surface area (Å²) < 4.78 is 0. The summed E-state index contributed by atoms with van der Waals surface area (Å²) in [6.45, 7) is 2.91. The molecular weight excluding hydrogens is 380 g/mol. The normalized spacial score (nSPS) is 21.8. The number of hydrogen-bond acceptors (Lipinski definition) is 4. The minimum absolute atomic E-state index is 0.0251. The fraction of sp³-hybridized carbons (Fsp3) is 0.333. The standard InChI is InChI=1S/C24H26N2O4/c1-17(6-4-5-15-27)24(30)20-7-2-3-8-21(20)26(23(24)29)16-18-9-11-19(12-10-18)25-14-13-22(25)28/h2-4,6-12,17,27,30H,5,13-16H2,1H3/b6-4+/t17-,24+/m1/s1. The van der Waals surface area contributed by atoms with Crippen LogP contribution in [0.2, 0.25) is 0 Å². The number of fused-ring (bicyclic) bond motifs is 1. The van der Waals surface area contributed by atoms with Crippen LogP contribution < -0.4 is 9.80 Å². The number of aliphatic hydroxyl groups is 2. The molecular formula is C24H26N2O4. The summed E-state index contributed by atoms with van der Waals surface area (Å²) in [6.07, 6.45) is 4.64. The monoisotopic (exact) mass is 406 g/mol. The second-order valence-corrected chi connectivity index (χ2v) is 7.87. The molecule has 2 aliphatic rings. The van der Waals surface area contributed by atoms with Crippen LogP contribution in [-0.2, 0) is 21.7 Å². The van der Waals surface area contributed by atoms with Crippen LogP contribution in [0.3, 0.4) is 0 Å². The van der Waals surface area contributed by atoms with Gasteiger partial charge in [-0.25, -0.2) is 0 Å². The zero-order valence-corrected chi connectivity index (χ0v) is 17.0. The number of aliphatic hydroxyl groups excluding tert-OH is 1. The Morgan fingerprint density at radius 3 is 2.50 bits per heavy atom. The first-order valence-electron chi connectivity index (χ1n) is 10.3. The van der Waals surface area contributed by atoms with Crippen LogP contribution >= 0.6 is 0 Å². The fourth-order valence-corrected chi connectivity index (χ4v) is 4.12. The van der Waals surface area contributed by atoms with Crippen molar-refractivity contribution in [3.8, 4) is 0 Å². The molecule has 2 aromatic carbocycles. The third-order valence-corrected chi connectivity index (χ3v) is 6.00. The van der Waals surface area contributed by atoms with Crippen molar-refractivity contribution in [2.75, 3.05) is 23.0 Å². The molecule has 4 rings (SSSR count). The van der Waals surface area contributed by atoms with E-state index in [1.807, 2.05) is 49.4 Å². The first-order chi connectivity index (χ1) is 14.5. The number of para-hydroxylation sites is 1. The highest BCUT2D eigenvalue weighted by atomic mass is 16.3. The molecule has 0 aromatic heterocycles. The van der Waals surface area contributed by atoms with E-state index in [4.69, 9.17) is 5.11 Å². The van der Waals surface area contributed by atoms with E-state index in [9.17, 15) is 14.7 Å². The average molecular weight is 406 g/mol. The molecule has 0 saturated carbocycles. The van der Waals surface area contributed by atoms with Crippen LogP contribution in [0.4, 0.5) is 11.4 Å². The summed E-state index contributed by atoms with van der Waals surface area (Å²) in [4.78, 5) is 28.4. The molecule has 0 bridgehead atoms. The highest BCUT2D eigenvalue weighted by Crippen LogP contribution is 2.45. The lowest BCUT2D eigenvalue weighted by Gasteiger charge is -2.31. The number of rotatable bonds is 7. The summed E-state index contributed by atoms with van der Waals surface area (Å²) in [5, 5.41) is 20.5. The first-order valence-corrected chi connectivity index (χ1v) is 10.3. The Bertz CT molecular complexity index is 985. The Hall–Kier alpha value is -2.96. The maximum absolute atomic E-state index is 13.4. The molecule has 30 heavy (non-hydrogen) atoms. The van der Waals surface area contributed by atoms with Gasteiger partial charge >= 0.3 is 0 Å². The second-order valence-electron chi connectivity index (χ2n) is 7.87. The second kappa shape index (κ2) is 8.05. The van der Waals surface area contributed by atoms with E-state index in [-0.39, 0.29) is 18.4 Å². The van der Waals surface area contributed by atoms with Crippen LogP contribution in [0.1, 0.15) is 30.9 Å². The van der Waals surface area contributed by atoms with E-state index in [1.165, 1.54) is 0 Å². The Balaban J connectivity index is 1.60. The third-order valence-electron chi connectivity index (χ3n) is 6.00. The van der Waals surface area contributed by atoms with Crippen molar-refractivity contribution in [1.82, 2.24) is 0 Å². The van der Waals surface area contributed by atoms with E-state index >= 15 is 0 Å². The van der Waals surface area contributed by atoms with E-state index in [0.717, 1.165) is 17.8 Å². The van der Waals surface area contributed by atoms with E-state index in [1.54, 1.807) is 28.0 Å². The molecule has 0 unspecified atom stereocenters. The Morgan fingerprint density at radius 2 is 1.87 bits per heavy atom. The van der Waals surface area contributed by atoms with E-state index < -0.39 is 11.5 Å². The maximum atomic E-state index is 13.4. The first kappa shape index (κ1) is 20.3. The molecule has 2 amide bonds. The molecule has 2 atom stereocenters. The quantitative estimate of drug-likeness (QED) is 0.547. The molecule has 0 aliphatic carbocycles. The van der Waals surface area contributed by atoms with Gasteiger partial charge in [0.2, 0.25) is 5.91 Å². The van der Waals surface area contributed by atoms with Crippen LogP contribution in [0.25, 0.3) is 0 Å². The molecule has 6 heteroatoms. The molecule has 2 aliphatic heterocycles. The van der Waals surface area contributed by atoms with Crippen molar-refractivity contribution in [2.24, 2.45) is 5.92 Å². The van der Waals surface area contributed by atoms with Crippen LogP contribution in [0.15, 0.2) is 60.7 Å². The summed E-state index contributed by atoms with van der Waals surface area (Å²) in [6, 6.07) is 14.9. The Kier molecular flexibility index (Phi) is 5.45. The third kappa shape index (κ3) is 3.32. The number of β-lactam (4-membered cyclic amide) rings is 1. The van der Waals surface area contributed by atoms with E-state index in [0.29, 0.717) is 30.6 Å². The van der Waals surface area contributed by atoms with Crippen molar-refractivity contribution in [1.29, 1.82) is 0 Å². The van der Waals surface area contributed by atoms with Crippen LogP contribution in [0.5, 0.6) is 0 Å². The molecule has 1 fully saturated rings. The van der Waals surface area contributed by atoms with Gasteiger partial charge in [-0.15, -0.1) is 0 Å². The lowest BCUT2D eigenvalue weighted by Crippen LogP contribution is -2.44. The number of benzene rings is 2. The Labute approximate surface area is 176 Å².